The van der Waals surface area contributed by atoms with Crippen molar-refractivity contribution in [1.82, 2.24) is 0 Å². The molecule has 1 fully saturated rings. The van der Waals surface area contributed by atoms with Gasteiger partial charge in [0.1, 0.15) is 23.5 Å². The third-order valence-corrected chi connectivity index (χ3v) is 5.33. The molecule has 0 aromatic heterocycles. The summed E-state index contributed by atoms with van der Waals surface area (Å²) < 4.78 is 15.7. The van der Waals surface area contributed by atoms with E-state index in [0.717, 1.165) is 19.3 Å². The Labute approximate surface area is 172 Å². The molecule has 0 heterocycles. The molecule has 0 N–H and O–H groups in total. The molecule has 0 radical (unpaired) electrons. The monoisotopic (exact) mass is 399 g/mol. The quantitative estimate of drug-likeness (QED) is 0.389. The lowest BCUT2D eigenvalue weighted by molar-refractivity contribution is -0.165. The van der Waals surface area contributed by atoms with E-state index in [1.54, 1.807) is 31.4 Å². The number of benzene rings is 1. The standard InChI is InChI=1S/C23H29NO5/c1-15(2)20-10-5-16(3)11-21(20)29-22(25)14-28-23(26)18(13-24)12-17-6-8-19(27-4)9-7-17/h6-9,12,15-16,20-21H,5,10-11,14H2,1-4H3/b18-12+/t16-,20+,21+/m0/s1. The fourth-order valence-electron chi connectivity index (χ4n) is 3.66. The van der Waals surface area contributed by atoms with E-state index in [1.165, 1.54) is 6.08 Å². The van der Waals surface area contributed by atoms with Gasteiger partial charge in [-0.25, -0.2) is 9.59 Å². The Bertz CT molecular complexity index is 775. The number of rotatable bonds is 7. The fourth-order valence-corrected chi connectivity index (χ4v) is 3.66. The van der Waals surface area contributed by atoms with Gasteiger partial charge in [-0.05, 0) is 54.4 Å². The second-order valence-electron chi connectivity index (χ2n) is 7.87. The van der Waals surface area contributed by atoms with Crippen LogP contribution < -0.4 is 4.74 Å². The lowest BCUT2D eigenvalue weighted by Gasteiger charge is -2.36. The number of hydrogen-bond donors (Lipinski definition) is 0. The van der Waals surface area contributed by atoms with Crippen molar-refractivity contribution >= 4 is 18.0 Å². The zero-order chi connectivity index (χ0) is 21.4. The molecule has 6 nitrogen and oxygen atoms in total. The molecule has 1 aliphatic carbocycles. The van der Waals surface area contributed by atoms with E-state index in [1.807, 2.05) is 6.07 Å². The molecule has 0 unspecified atom stereocenters. The zero-order valence-corrected chi connectivity index (χ0v) is 17.5. The van der Waals surface area contributed by atoms with E-state index < -0.39 is 18.5 Å². The molecule has 0 bridgehead atoms. The molecule has 29 heavy (non-hydrogen) atoms. The molecule has 1 aliphatic rings. The van der Waals surface area contributed by atoms with Gasteiger partial charge in [-0.1, -0.05) is 39.3 Å². The number of carbonyl (C=O) groups excluding carboxylic acids is 2. The smallest absolute Gasteiger partial charge is 0.349 e. The van der Waals surface area contributed by atoms with Gasteiger partial charge < -0.3 is 14.2 Å². The lowest BCUT2D eigenvalue weighted by Crippen LogP contribution is -2.36. The van der Waals surface area contributed by atoms with Gasteiger partial charge in [-0.15, -0.1) is 0 Å². The van der Waals surface area contributed by atoms with E-state index in [9.17, 15) is 14.9 Å². The van der Waals surface area contributed by atoms with Crippen molar-refractivity contribution in [3.8, 4) is 11.8 Å². The average Bonchev–Trinajstić information content (AvgIpc) is 2.70. The van der Waals surface area contributed by atoms with Crippen molar-refractivity contribution in [1.29, 1.82) is 5.26 Å². The molecule has 3 atom stereocenters. The number of hydrogen-bond acceptors (Lipinski definition) is 6. The molecular weight excluding hydrogens is 370 g/mol. The van der Waals surface area contributed by atoms with Crippen LogP contribution in [0.1, 0.15) is 45.6 Å². The van der Waals surface area contributed by atoms with Crippen molar-refractivity contribution in [2.24, 2.45) is 17.8 Å². The Balaban J connectivity index is 1.92. The fraction of sp³-hybridized carbons (Fsp3) is 0.522. The first-order valence-corrected chi connectivity index (χ1v) is 9.96. The first-order valence-electron chi connectivity index (χ1n) is 9.96. The van der Waals surface area contributed by atoms with Gasteiger partial charge in [0.05, 0.1) is 7.11 Å². The zero-order valence-electron chi connectivity index (χ0n) is 17.5. The van der Waals surface area contributed by atoms with Crippen LogP contribution in [0.2, 0.25) is 0 Å². The Morgan fingerprint density at radius 1 is 1.24 bits per heavy atom. The summed E-state index contributed by atoms with van der Waals surface area (Å²) in [5, 5.41) is 9.25. The van der Waals surface area contributed by atoms with Crippen molar-refractivity contribution < 1.29 is 23.8 Å². The predicted molar refractivity (Wildman–Crippen MR) is 109 cm³/mol. The number of nitrogens with zero attached hydrogens (tertiary/aromatic N) is 1. The molecule has 1 aromatic carbocycles. The molecule has 0 spiro atoms. The molecule has 0 amide bonds. The molecule has 1 aromatic rings. The van der Waals surface area contributed by atoms with Crippen LogP contribution in [0.25, 0.3) is 6.08 Å². The highest BCUT2D eigenvalue weighted by molar-refractivity contribution is 5.98. The molecule has 6 heteroatoms. The summed E-state index contributed by atoms with van der Waals surface area (Å²) in [5.74, 6) is 0.476. The number of esters is 2. The maximum absolute atomic E-state index is 12.2. The van der Waals surface area contributed by atoms with Crippen LogP contribution in [0.15, 0.2) is 29.8 Å². The summed E-state index contributed by atoms with van der Waals surface area (Å²) in [6, 6.07) is 8.69. The van der Waals surface area contributed by atoms with Gasteiger partial charge in [0.25, 0.3) is 0 Å². The Hall–Kier alpha value is -2.81. The summed E-state index contributed by atoms with van der Waals surface area (Å²) in [5.41, 5.74) is 0.465. The first-order chi connectivity index (χ1) is 13.8. The van der Waals surface area contributed by atoms with E-state index in [4.69, 9.17) is 14.2 Å². The van der Waals surface area contributed by atoms with Crippen molar-refractivity contribution in [2.45, 2.75) is 46.1 Å². The molecule has 156 valence electrons. The maximum Gasteiger partial charge on any atom is 0.349 e. The second-order valence-corrected chi connectivity index (χ2v) is 7.87. The van der Waals surface area contributed by atoms with Gasteiger partial charge >= 0.3 is 11.9 Å². The average molecular weight is 399 g/mol. The van der Waals surface area contributed by atoms with E-state index in [2.05, 4.69) is 20.8 Å². The first kappa shape index (κ1) is 22.5. The molecule has 1 saturated carbocycles. The summed E-state index contributed by atoms with van der Waals surface area (Å²) >= 11 is 0. The Kier molecular flexibility index (Phi) is 8.26. The van der Waals surface area contributed by atoms with E-state index >= 15 is 0 Å². The Morgan fingerprint density at radius 2 is 1.93 bits per heavy atom. The van der Waals surface area contributed by atoms with Crippen LogP contribution in [0, 0.1) is 29.1 Å². The van der Waals surface area contributed by atoms with E-state index in [0.29, 0.717) is 29.1 Å². The number of carbonyl (C=O) groups is 2. The van der Waals surface area contributed by atoms with Crippen LogP contribution in [-0.4, -0.2) is 31.8 Å². The number of methoxy groups -OCH3 is 1. The van der Waals surface area contributed by atoms with Crippen molar-refractivity contribution in [2.75, 3.05) is 13.7 Å². The van der Waals surface area contributed by atoms with Crippen LogP contribution in [-0.2, 0) is 19.1 Å². The van der Waals surface area contributed by atoms with Gasteiger partial charge in [0.15, 0.2) is 6.61 Å². The van der Waals surface area contributed by atoms with Crippen LogP contribution in [0.5, 0.6) is 5.75 Å². The van der Waals surface area contributed by atoms with E-state index in [-0.39, 0.29) is 11.7 Å². The van der Waals surface area contributed by atoms with Crippen LogP contribution >= 0.6 is 0 Å². The SMILES string of the molecule is COc1ccc(/C=C(\C#N)C(=O)OCC(=O)O[C@@H]2C[C@@H](C)CC[C@@H]2C(C)C)cc1. The van der Waals surface area contributed by atoms with Crippen molar-refractivity contribution in [3.05, 3.63) is 35.4 Å². The second kappa shape index (κ2) is 10.7. The summed E-state index contributed by atoms with van der Waals surface area (Å²) in [6.45, 7) is 5.91. The highest BCUT2D eigenvalue weighted by Gasteiger charge is 2.33. The predicted octanol–water partition coefficient (Wildman–Crippen LogP) is 4.15. The normalized spacial score (nSPS) is 21.9. The van der Waals surface area contributed by atoms with Crippen LogP contribution in [0.3, 0.4) is 0 Å². The van der Waals surface area contributed by atoms with Gasteiger partial charge in [-0.2, -0.15) is 5.26 Å². The van der Waals surface area contributed by atoms with Crippen molar-refractivity contribution in [3.63, 3.8) is 0 Å². The summed E-state index contributed by atoms with van der Waals surface area (Å²) in [6.07, 6.45) is 4.23. The Morgan fingerprint density at radius 3 is 2.52 bits per heavy atom. The highest BCUT2D eigenvalue weighted by Crippen LogP contribution is 2.35. The van der Waals surface area contributed by atoms with Gasteiger partial charge in [-0.3, -0.25) is 0 Å². The summed E-state index contributed by atoms with van der Waals surface area (Å²) in [7, 11) is 1.55. The molecule has 0 saturated heterocycles. The van der Waals surface area contributed by atoms with Crippen LogP contribution in [0.4, 0.5) is 0 Å². The minimum absolute atomic E-state index is 0.157. The number of nitriles is 1. The molecule has 0 aliphatic heterocycles. The largest absolute Gasteiger partial charge is 0.497 e. The lowest BCUT2D eigenvalue weighted by atomic mass is 9.75. The number of ether oxygens (including phenoxy) is 3. The topological polar surface area (TPSA) is 85.6 Å². The third-order valence-electron chi connectivity index (χ3n) is 5.33. The van der Waals surface area contributed by atoms with Gasteiger partial charge in [0.2, 0.25) is 0 Å². The molecule has 2 rings (SSSR count). The van der Waals surface area contributed by atoms with Gasteiger partial charge in [0, 0.05) is 0 Å². The maximum atomic E-state index is 12.2. The summed E-state index contributed by atoms with van der Waals surface area (Å²) in [4.78, 5) is 24.4. The molecular formula is C23H29NO5. The minimum atomic E-state index is -0.849. The highest BCUT2D eigenvalue weighted by atomic mass is 16.6. The third kappa shape index (κ3) is 6.63. The minimum Gasteiger partial charge on any atom is -0.497 e.